The molecule has 1 aromatic heterocycles. The smallest absolute Gasteiger partial charge is 0.326 e. The predicted molar refractivity (Wildman–Crippen MR) is 69.8 cm³/mol. The molecule has 1 unspecified atom stereocenters. The molecule has 0 aliphatic carbocycles. The summed E-state index contributed by atoms with van der Waals surface area (Å²) in [6.45, 7) is 3.47. The molecule has 0 aliphatic heterocycles. The number of aromatic nitrogens is 2. The first-order valence-electron chi connectivity index (χ1n) is 5.69. The average molecular weight is 259 g/mol. The molecule has 0 radical (unpaired) electrons. The number of amides is 1. The van der Waals surface area contributed by atoms with E-state index in [0.717, 1.165) is 10.9 Å². The number of fused-ring (bicyclic) bond motifs is 1. The number of aliphatic carboxylic acids is 1. The van der Waals surface area contributed by atoms with E-state index in [1.807, 2.05) is 0 Å². The van der Waals surface area contributed by atoms with Crippen LogP contribution >= 0.6 is 0 Å². The van der Waals surface area contributed by atoms with Crippen molar-refractivity contribution in [2.45, 2.75) is 12.5 Å². The van der Waals surface area contributed by atoms with Crippen LogP contribution in [0.3, 0.4) is 0 Å². The van der Waals surface area contributed by atoms with E-state index < -0.39 is 17.9 Å². The van der Waals surface area contributed by atoms with Crippen LogP contribution in [0.25, 0.3) is 10.9 Å². The first-order chi connectivity index (χ1) is 9.11. The summed E-state index contributed by atoms with van der Waals surface area (Å²) in [4.78, 5) is 22.9. The van der Waals surface area contributed by atoms with Crippen LogP contribution in [0.5, 0.6) is 0 Å². The van der Waals surface area contributed by atoms with Crippen LogP contribution in [-0.2, 0) is 4.79 Å². The van der Waals surface area contributed by atoms with E-state index in [-0.39, 0.29) is 6.42 Å². The Labute approximate surface area is 109 Å². The summed E-state index contributed by atoms with van der Waals surface area (Å²) >= 11 is 0. The van der Waals surface area contributed by atoms with Crippen molar-refractivity contribution in [2.75, 3.05) is 0 Å². The van der Waals surface area contributed by atoms with Gasteiger partial charge in [0.15, 0.2) is 0 Å². The van der Waals surface area contributed by atoms with Gasteiger partial charge in [0.25, 0.3) is 5.91 Å². The molecule has 1 aromatic carbocycles. The summed E-state index contributed by atoms with van der Waals surface area (Å²) in [5.74, 6) is -1.53. The second kappa shape index (κ2) is 5.34. The number of hydrogen-bond donors (Lipinski definition) is 3. The molecule has 0 saturated heterocycles. The van der Waals surface area contributed by atoms with Crippen LogP contribution in [0, 0.1) is 0 Å². The Hall–Kier alpha value is -2.63. The Morgan fingerprint density at radius 3 is 3.00 bits per heavy atom. The number of hydrogen-bond acceptors (Lipinski definition) is 3. The van der Waals surface area contributed by atoms with Gasteiger partial charge in [-0.2, -0.15) is 5.10 Å². The highest BCUT2D eigenvalue weighted by Gasteiger charge is 2.19. The molecule has 0 spiro atoms. The number of carbonyl (C=O) groups excluding carboxylic acids is 1. The zero-order valence-corrected chi connectivity index (χ0v) is 10.1. The Balaban J connectivity index is 2.18. The lowest BCUT2D eigenvalue weighted by molar-refractivity contribution is -0.139. The predicted octanol–water partition coefficient (Wildman–Crippen LogP) is 1.32. The van der Waals surface area contributed by atoms with Gasteiger partial charge in [0.05, 0.1) is 11.7 Å². The number of aromatic amines is 1. The monoisotopic (exact) mass is 259 g/mol. The summed E-state index contributed by atoms with van der Waals surface area (Å²) in [6, 6.07) is 4.03. The van der Waals surface area contributed by atoms with Crippen molar-refractivity contribution < 1.29 is 14.7 Å². The lowest BCUT2D eigenvalue weighted by Crippen LogP contribution is -2.40. The first kappa shape index (κ1) is 12.8. The van der Waals surface area contributed by atoms with Gasteiger partial charge in [0.2, 0.25) is 0 Å². The molecule has 19 heavy (non-hydrogen) atoms. The van der Waals surface area contributed by atoms with Gasteiger partial charge in [0, 0.05) is 10.9 Å². The fourth-order valence-corrected chi connectivity index (χ4v) is 1.71. The molecule has 1 atom stereocenters. The molecule has 1 heterocycles. The van der Waals surface area contributed by atoms with Gasteiger partial charge >= 0.3 is 5.97 Å². The molecule has 6 nitrogen and oxygen atoms in total. The van der Waals surface area contributed by atoms with Crippen molar-refractivity contribution in [2.24, 2.45) is 0 Å². The average Bonchev–Trinajstić information content (AvgIpc) is 2.85. The highest BCUT2D eigenvalue weighted by Crippen LogP contribution is 2.13. The fraction of sp³-hybridized carbons (Fsp3) is 0.154. The maximum Gasteiger partial charge on any atom is 0.326 e. The van der Waals surface area contributed by atoms with E-state index >= 15 is 0 Å². The maximum absolute atomic E-state index is 12.0. The van der Waals surface area contributed by atoms with Crippen molar-refractivity contribution in [1.29, 1.82) is 0 Å². The normalized spacial score (nSPS) is 12.0. The molecule has 6 heteroatoms. The van der Waals surface area contributed by atoms with Crippen molar-refractivity contribution >= 4 is 22.8 Å². The zero-order valence-electron chi connectivity index (χ0n) is 10.1. The van der Waals surface area contributed by atoms with Crippen molar-refractivity contribution in [3.8, 4) is 0 Å². The van der Waals surface area contributed by atoms with Gasteiger partial charge in [-0.1, -0.05) is 12.1 Å². The summed E-state index contributed by atoms with van der Waals surface area (Å²) in [6.07, 6.45) is 3.28. The van der Waals surface area contributed by atoms with Crippen LogP contribution in [0.4, 0.5) is 0 Å². The SMILES string of the molecule is C=CCC(NC(=O)c1ccc2cn[nH]c2c1)C(=O)O. The first-order valence-corrected chi connectivity index (χ1v) is 5.69. The third kappa shape index (κ3) is 2.79. The van der Waals surface area contributed by atoms with Gasteiger partial charge in [-0.05, 0) is 18.6 Å². The lowest BCUT2D eigenvalue weighted by Gasteiger charge is -2.12. The standard InChI is InChI=1S/C13H13N3O3/c1-2-3-10(13(18)19)15-12(17)8-4-5-9-7-14-16-11(9)6-8/h2,4-7,10H,1,3H2,(H,14,16)(H,15,17)(H,18,19). The van der Waals surface area contributed by atoms with Crippen LogP contribution in [0.1, 0.15) is 16.8 Å². The number of benzene rings is 1. The molecule has 98 valence electrons. The number of rotatable bonds is 5. The van der Waals surface area contributed by atoms with E-state index in [2.05, 4.69) is 22.1 Å². The molecular formula is C13H13N3O3. The number of carboxylic acids is 1. The molecular weight excluding hydrogens is 246 g/mol. The number of nitrogens with one attached hydrogen (secondary N) is 2. The molecule has 0 bridgehead atoms. The van der Waals surface area contributed by atoms with E-state index in [9.17, 15) is 9.59 Å². The molecule has 2 rings (SSSR count). The summed E-state index contributed by atoms with van der Waals surface area (Å²) in [5.41, 5.74) is 1.11. The maximum atomic E-state index is 12.0. The molecule has 3 N–H and O–H groups in total. The van der Waals surface area contributed by atoms with Crippen molar-refractivity contribution in [3.05, 3.63) is 42.6 Å². The van der Waals surface area contributed by atoms with Gasteiger partial charge in [0.1, 0.15) is 6.04 Å². The quantitative estimate of drug-likeness (QED) is 0.706. The van der Waals surface area contributed by atoms with Gasteiger partial charge in [-0.3, -0.25) is 9.89 Å². The highest BCUT2D eigenvalue weighted by atomic mass is 16.4. The van der Waals surface area contributed by atoms with E-state index in [0.29, 0.717) is 5.56 Å². The minimum Gasteiger partial charge on any atom is -0.480 e. The Morgan fingerprint density at radius 2 is 2.32 bits per heavy atom. The van der Waals surface area contributed by atoms with Gasteiger partial charge in [-0.25, -0.2) is 4.79 Å². The van der Waals surface area contributed by atoms with Crippen molar-refractivity contribution in [1.82, 2.24) is 15.5 Å². The third-order valence-corrected chi connectivity index (χ3v) is 2.71. The largest absolute Gasteiger partial charge is 0.480 e. The second-order valence-electron chi connectivity index (χ2n) is 4.06. The molecule has 0 aliphatic rings. The van der Waals surface area contributed by atoms with Crippen LogP contribution in [0.15, 0.2) is 37.1 Å². The van der Waals surface area contributed by atoms with E-state index in [4.69, 9.17) is 5.11 Å². The molecule has 0 saturated carbocycles. The number of carbonyl (C=O) groups is 2. The summed E-state index contributed by atoms with van der Waals surface area (Å²) < 4.78 is 0. The Kier molecular flexibility index (Phi) is 3.61. The minimum atomic E-state index is -1.09. The van der Waals surface area contributed by atoms with Crippen molar-refractivity contribution in [3.63, 3.8) is 0 Å². The molecule has 0 fully saturated rings. The fourth-order valence-electron chi connectivity index (χ4n) is 1.71. The van der Waals surface area contributed by atoms with Gasteiger partial charge < -0.3 is 10.4 Å². The Bertz CT molecular complexity index is 633. The van der Waals surface area contributed by atoms with Crippen LogP contribution in [0.2, 0.25) is 0 Å². The van der Waals surface area contributed by atoms with Gasteiger partial charge in [-0.15, -0.1) is 6.58 Å². The highest BCUT2D eigenvalue weighted by molar-refractivity contribution is 5.99. The summed E-state index contributed by atoms with van der Waals surface area (Å²) in [7, 11) is 0. The number of nitrogens with zero attached hydrogens (tertiary/aromatic N) is 1. The Morgan fingerprint density at radius 1 is 1.53 bits per heavy atom. The topological polar surface area (TPSA) is 95.1 Å². The number of H-pyrrole nitrogens is 1. The molecule has 1 amide bonds. The lowest BCUT2D eigenvalue weighted by atomic mass is 10.1. The van der Waals surface area contributed by atoms with Crippen LogP contribution < -0.4 is 5.32 Å². The summed E-state index contributed by atoms with van der Waals surface area (Å²) in [5, 5.41) is 18.9. The zero-order chi connectivity index (χ0) is 13.8. The number of carboxylic acid groups (broad SMARTS) is 1. The third-order valence-electron chi connectivity index (χ3n) is 2.71. The van der Waals surface area contributed by atoms with E-state index in [1.165, 1.54) is 6.08 Å². The van der Waals surface area contributed by atoms with E-state index in [1.54, 1.807) is 24.4 Å². The second-order valence-corrected chi connectivity index (χ2v) is 4.06. The van der Waals surface area contributed by atoms with Crippen LogP contribution in [-0.4, -0.2) is 33.2 Å². The minimum absolute atomic E-state index is 0.174. The molecule has 2 aromatic rings.